The fraction of sp³-hybridized carbons (Fsp3) is 0.720. The smallest absolute Gasteiger partial charge is 0.311 e. The van der Waals surface area contributed by atoms with Crippen LogP contribution in [0.5, 0.6) is 5.75 Å². The topological polar surface area (TPSA) is 42.9 Å². The molecule has 0 amide bonds. The first-order chi connectivity index (χ1) is 13.8. The lowest BCUT2D eigenvalue weighted by Crippen LogP contribution is -3.00. The van der Waals surface area contributed by atoms with E-state index in [4.69, 9.17) is 4.74 Å². The summed E-state index contributed by atoms with van der Waals surface area (Å²) < 4.78 is 5.30. The normalized spacial score (nSPS) is 10.5. The molecule has 0 aromatic heterocycles. The number of ether oxygens (including phenoxy) is 1. The van der Waals surface area contributed by atoms with Crippen molar-refractivity contribution in [2.75, 3.05) is 13.1 Å². The standard InChI is InChI=1S/C25H43NO2.BrH/c1-2-3-4-5-11-17-22-26-23-18-12-9-7-6-8-10-16-21-25(27)28-24-19-14-13-15-20-24;/h13-15,19-20,26H,2-12,16-18,21-23H2,1H3;1H. The summed E-state index contributed by atoms with van der Waals surface area (Å²) in [7, 11) is 0. The fourth-order valence-corrected chi connectivity index (χ4v) is 3.50. The van der Waals surface area contributed by atoms with Gasteiger partial charge in [0.1, 0.15) is 5.75 Å². The molecule has 0 radical (unpaired) electrons. The molecule has 1 aromatic carbocycles. The van der Waals surface area contributed by atoms with Crippen molar-refractivity contribution in [3.63, 3.8) is 0 Å². The molecule has 0 atom stereocenters. The molecule has 0 unspecified atom stereocenters. The van der Waals surface area contributed by atoms with Crippen LogP contribution in [-0.2, 0) is 4.79 Å². The van der Waals surface area contributed by atoms with Crippen molar-refractivity contribution >= 4 is 5.97 Å². The Morgan fingerprint density at radius 2 is 1.21 bits per heavy atom. The van der Waals surface area contributed by atoms with Gasteiger partial charge >= 0.3 is 5.97 Å². The zero-order valence-electron chi connectivity index (χ0n) is 18.7. The third kappa shape index (κ3) is 18.9. The molecule has 0 bridgehead atoms. The van der Waals surface area contributed by atoms with Gasteiger partial charge in [-0.1, -0.05) is 82.9 Å². The second-order valence-electron chi connectivity index (χ2n) is 8.00. The van der Waals surface area contributed by atoms with Gasteiger partial charge in [0, 0.05) is 6.42 Å². The molecule has 0 spiro atoms. The lowest BCUT2D eigenvalue weighted by atomic mass is 10.1. The monoisotopic (exact) mass is 469 g/mol. The van der Waals surface area contributed by atoms with E-state index >= 15 is 0 Å². The van der Waals surface area contributed by atoms with Crippen LogP contribution in [0.4, 0.5) is 0 Å². The van der Waals surface area contributed by atoms with Crippen LogP contribution in [0.3, 0.4) is 0 Å². The van der Waals surface area contributed by atoms with Crippen molar-refractivity contribution in [2.24, 2.45) is 0 Å². The molecule has 0 aliphatic carbocycles. The maximum atomic E-state index is 11.7. The van der Waals surface area contributed by atoms with Gasteiger partial charge in [0.25, 0.3) is 0 Å². The third-order valence-corrected chi connectivity index (χ3v) is 5.28. The number of hydrogen-bond acceptors (Lipinski definition) is 2. The lowest BCUT2D eigenvalue weighted by Gasteiger charge is -2.04. The largest absolute Gasteiger partial charge is 1.00 e. The summed E-state index contributed by atoms with van der Waals surface area (Å²) in [6.07, 6.45) is 19.0. The van der Waals surface area contributed by atoms with E-state index in [0.717, 1.165) is 12.8 Å². The molecule has 2 N–H and O–H groups in total. The van der Waals surface area contributed by atoms with Gasteiger partial charge in [-0.3, -0.25) is 4.79 Å². The minimum atomic E-state index is -0.108. The van der Waals surface area contributed by atoms with Crippen LogP contribution < -0.4 is 27.0 Å². The first kappa shape index (κ1) is 28.1. The first-order valence-corrected chi connectivity index (χ1v) is 11.9. The Bertz CT molecular complexity index is 467. The Morgan fingerprint density at radius 3 is 1.76 bits per heavy atom. The van der Waals surface area contributed by atoms with E-state index in [9.17, 15) is 4.79 Å². The van der Waals surface area contributed by atoms with Crippen molar-refractivity contribution in [2.45, 2.75) is 103 Å². The average molecular weight is 471 g/mol. The molecule has 0 aliphatic heterocycles. The van der Waals surface area contributed by atoms with E-state index in [1.165, 1.54) is 90.1 Å². The Balaban J connectivity index is 0.00000784. The van der Waals surface area contributed by atoms with Crippen LogP contribution in [0.2, 0.25) is 0 Å². The molecule has 0 fully saturated rings. The van der Waals surface area contributed by atoms with Gasteiger partial charge in [0.2, 0.25) is 0 Å². The van der Waals surface area contributed by atoms with Gasteiger partial charge in [-0.25, -0.2) is 0 Å². The minimum absolute atomic E-state index is 0. The number of hydrogen-bond donors (Lipinski definition) is 1. The molecule has 0 saturated carbocycles. The Morgan fingerprint density at radius 1 is 0.724 bits per heavy atom. The van der Waals surface area contributed by atoms with E-state index in [1.807, 2.05) is 30.3 Å². The summed E-state index contributed by atoms with van der Waals surface area (Å²) in [5.74, 6) is 0.542. The first-order valence-electron chi connectivity index (χ1n) is 11.9. The molecule has 29 heavy (non-hydrogen) atoms. The summed E-state index contributed by atoms with van der Waals surface area (Å²) >= 11 is 0. The van der Waals surface area contributed by atoms with Crippen molar-refractivity contribution in [3.8, 4) is 5.75 Å². The predicted molar refractivity (Wildman–Crippen MR) is 119 cm³/mol. The molecule has 168 valence electrons. The molecule has 1 aromatic rings. The van der Waals surface area contributed by atoms with Gasteiger partial charge < -0.3 is 27.0 Å². The van der Waals surface area contributed by atoms with Crippen molar-refractivity contribution < 1.29 is 31.8 Å². The van der Waals surface area contributed by atoms with E-state index in [1.54, 1.807) is 0 Å². The van der Waals surface area contributed by atoms with Gasteiger partial charge in [-0.15, -0.1) is 0 Å². The number of carbonyl (C=O) groups excluding carboxylic acids is 1. The summed E-state index contributed by atoms with van der Waals surface area (Å²) in [5, 5.41) is 2.51. The predicted octanol–water partition coefficient (Wildman–Crippen LogP) is 3.03. The van der Waals surface area contributed by atoms with Crippen LogP contribution in [0.1, 0.15) is 103 Å². The molecule has 1 rings (SSSR count). The number of benzene rings is 1. The van der Waals surface area contributed by atoms with Crippen LogP contribution in [0, 0.1) is 0 Å². The molecular formula is C25H44BrNO2. The molecule has 0 heterocycles. The molecule has 0 saturated heterocycles. The second-order valence-corrected chi connectivity index (χ2v) is 8.00. The van der Waals surface area contributed by atoms with Crippen molar-refractivity contribution in [3.05, 3.63) is 30.3 Å². The number of carbonyl (C=O) groups is 1. The molecular weight excluding hydrogens is 426 g/mol. The number of nitrogens with two attached hydrogens (primary N) is 1. The van der Waals surface area contributed by atoms with E-state index in [2.05, 4.69) is 12.2 Å². The number of rotatable bonds is 19. The zero-order chi connectivity index (χ0) is 20.1. The average Bonchev–Trinajstić information content (AvgIpc) is 2.71. The zero-order valence-corrected chi connectivity index (χ0v) is 20.3. The van der Waals surface area contributed by atoms with E-state index < -0.39 is 0 Å². The van der Waals surface area contributed by atoms with Crippen molar-refractivity contribution in [1.82, 2.24) is 0 Å². The summed E-state index contributed by atoms with van der Waals surface area (Å²) in [6.45, 7) is 4.90. The van der Waals surface area contributed by atoms with Crippen LogP contribution in [-0.4, -0.2) is 19.1 Å². The lowest BCUT2D eigenvalue weighted by molar-refractivity contribution is -0.655. The highest BCUT2D eigenvalue weighted by molar-refractivity contribution is 5.72. The van der Waals surface area contributed by atoms with Crippen LogP contribution in [0.15, 0.2) is 30.3 Å². The second kappa shape index (κ2) is 21.8. The fourth-order valence-electron chi connectivity index (χ4n) is 3.50. The highest BCUT2D eigenvalue weighted by atomic mass is 79.9. The minimum Gasteiger partial charge on any atom is -1.00 e. The Labute approximate surface area is 190 Å². The van der Waals surface area contributed by atoms with Crippen molar-refractivity contribution in [1.29, 1.82) is 0 Å². The molecule has 4 heteroatoms. The number of para-hydroxylation sites is 1. The highest BCUT2D eigenvalue weighted by Gasteiger charge is 2.04. The number of halogens is 1. The Kier molecular flexibility index (Phi) is 21.2. The highest BCUT2D eigenvalue weighted by Crippen LogP contribution is 2.12. The number of quaternary nitrogens is 1. The number of esters is 1. The van der Waals surface area contributed by atoms with E-state index in [0.29, 0.717) is 12.2 Å². The molecule has 0 aliphatic rings. The van der Waals surface area contributed by atoms with Gasteiger partial charge in [0.05, 0.1) is 13.1 Å². The summed E-state index contributed by atoms with van der Waals surface area (Å²) in [6, 6.07) is 9.34. The maximum Gasteiger partial charge on any atom is 0.311 e. The van der Waals surface area contributed by atoms with Gasteiger partial charge in [-0.05, 0) is 44.2 Å². The quantitative estimate of drug-likeness (QED) is 0.192. The van der Waals surface area contributed by atoms with Gasteiger partial charge in [-0.2, -0.15) is 0 Å². The van der Waals surface area contributed by atoms with Crippen LogP contribution in [0.25, 0.3) is 0 Å². The third-order valence-electron chi connectivity index (χ3n) is 5.28. The number of unbranched alkanes of at least 4 members (excludes halogenated alkanes) is 12. The van der Waals surface area contributed by atoms with Crippen LogP contribution >= 0.6 is 0 Å². The van der Waals surface area contributed by atoms with Gasteiger partial charge in [0.15, 0.2) is 0 Å². The SMILES string of the molecule is CCCCCCCC[NH2+]CCCCCCCCCCC(=O)Oc1ccccc1.[Br-]. The Hall–Kier alpha value is -0.870. The van der Waals surface area contributed by atoms with E-state index in [-0.39, 0.29) is 23.0 Å². The molecule has 3 nitrogen and oxygen atoms in total. The maximum absolute atomic E-state index is 11.7. The summed E-state index contributed by atoms with van der Waals surface area (Å²) in [5.41, 5.74) is 0. The summed E-state index contributed by atoms with van der Waals surface area (Å²) in [4.78, 5) is 11.7.